The molecule has 0 saturated carbocycles. The average Bonchev–Trinajstić information content (AvgIpc) is 2.67. The number of pyridine rings is 2. The molecule has 0 spiro atoms. The normalized spacial score (nSPS) is 8.89. The Labute approximate surface area is 177 Å². The third-order valence-corrected chi connectivity index (χ3v) is 3.22. The minimum atomic E-state index is -1.13. The summed E-state index contributed by atoms with van der Waals surface area (Å²) in [6.45, 7) is 2.78. The van der Waals surface area contributed by atoms with Gasteiger partial charge in [0.1, 0.15) is 16.0 Å². The summed E-state index contributed by atoms with van der Waals surface area (Å²) in [7, 11) is 4.64. The summed E-state index contributed by atoms with van der Waals surface area (Å²) in [5.74, 6) is -1.40. The molecule has 2 rings (SSSR count). The highest BCUT2D eigenvalue weighted by Gasteiger charge is 2.12. The average molecular weight is 481 g/mol. The number of nitrogens with one attached hydrogen (secondary N) is 1. The maximum absolute atomic E-state index is 11.4. The van der Waals surface area contributed by atoms with Crippen molar-refractivity contribution in [2.45, 2.75) is 6.92 Å². The monoisotopic (exact) mass is 479 g/mol. The molecular weight excluding hydrogens is 458 g/mol. The van der Waals surface area contributed by atoms with E-state index >= 15 is 0 Å². The molecule has 0 aliphatic heterocycles. The Hall–Kier alpha value is -2.27. The minimum Gasteiger partial charge on any atom is -0.477 e. The van der Waals surface area contributed by atoms with Crippen LogP contribution in [0.3, 0.4) is 0 Å². The number of carboxylic acid groups (broad SMARTS) is 1. The predicted molar refractivity (Wildman–Crippen MR) is 110 cm³/mol. The summed E-state index contributed by atoms with van der Waals surface area (Å²) in [4.78, 5) is 43.0. The molecule has 2 aromatic rings. The van der Waals surface area contributed by atoms with Gasteiger partial charge in [-0.25, -0.2) is 14.8 Å². The van der Waals surface area contributed by atoms with Crippen LogP contribution in [-0.2, 0) is 9.57 Å². The number of H-pyrrole nitrogens is 1. The van der Waals surface area contributed by atoms with Crippen LogP contribution in [0.5, 0.6) is 0 Å². The van der Waals surface area contributed by atoms with Crippen molar-refractivity contribution in [2.75, 3.05) is 27.9 Å². The molecule has 156 valence electrons. The second kappa shape index (κ2) is 15.8. The fraction of sp³-hybridized carbons (Fsp3) is 0.294. The molecule has 1 amide bonds. The zero-order chi connectivity index (χ0) is 20.8. The summed E-state index contributed by atoms with van der Waals surface area (Å²) in [5.41, 5.74) is -0.147. The molecule has 11 heteroatoms. The van der Waals surface area contributed by atoms with Gasteiger partial charge in [0.25, 0.3) is 5.91 Å². The van der Waals surface area contributed by atoms with Gasteiger partial charge in [-0.05, 0) is 41.1 Å². The van der Waals surface area contributed by atoms with Crippen molar-refractivity contribution in [3.63, 3.8) is 0 Å². The van der Waals surface area contributed by atoms with Gasteiger partial charge >= 0.3 is 5.97 Å². The number of amides is 1. The summed E-state index contributed by atoms with van der Waals surface area (Å²) in [5, 5.41) is 9.46. The lowest BCUT2D eigenvalue weighted by molar-refractivity contribution is -0.0760. The van der Waals surface area contributed by atoms with E-state index in [1.54, 1.807) is 25.3 Å². The number of hydrogen-bond acceptors (Lipinski definition) is 6. The molecule has 0 bridgehead atoms. The lowest BCUT2D eigenvalue weighted by atomic mass is 10.3. The molecule has 0 saturated heterocycles. The molecule has 0 atom stereocenters. The number of hydrogen-bond donors (Lipinski definition) is 2. The lowest BCUT2D eigenvalue weighted by Gasteiger charge is -2.12. The molecular formula is C17H23BrClN3O6. The SMILES string of the molecule is CCOC.CON(C)C(=O)c1cccc(Br)n1.Cl.O=C(O)c1cccc(=O)[nH]1. The fourth-order valence-electron chi connectivity index (χ4n) is 1.34. The summed E-state index contributed by atoms with van der Waals surface area (Å²) in [6.07, 6.45) is 0. The van der Waals surface area contributed by atoms with Crippen LogP contribution in [0.1, 0.15) is 27.9 Å². The molecule has 0 aliphatic rings. The predicted octanol–water partition coefficient (Wildman–Crippen LogP) is 2.63. The quantitative estimate of drug-likeness (QED) is 0.509. The molecule has 2 N–H and O–H groups in total. The van der Waals surface area contributed by atoms with Crippen LogP contribution >= 0.6 is 28.3 Å². The van der Waals surface area contributed by atoms with Crippen LogP contribution < -0.4 is 5.56 Å². The molecule has 0 aromatic carbocycles. The summed E-state index contributed by atoms with van der Waals surface area (Å²) in [6, 6.07) is 9.10. The second-order valence-electron chi connectivity index (χ2n) is 4.64. The maximum atomic E-state index is 11.4. The van der Waals surface area contributed by atoms with Gasteiger partial charge < -0.3 is 14.8 Å². The topological polar surface area (TPSA) is 122 Å². The fourth-order valence-corrected chi connectivity index (χ4v) is 1.69. The van der Waals surface area contributed by atoms with Crippen LogP contribution in [0.15, 0.2) is 45.8 Å². The van der Waals surface area contributed by atoms with Crippen molar-refractivity contribution in [1.82, 2.24) is 15.0 Å². The minimum absolute atomic E-state index is 0. The van der Waals surface area contributed by atoms with E-state index < -0.39 is 11.5 Å². The van der Waals surface area contributed by atoms with Crippen LogP contribution in [0.25, 0.3) is 0 Å². The number of methoxy groups -OCH3 is 1. The number of hydroxylamine groups is 2. The van der Waals surface area contributed by atoms with Crippen molar-refractivity contribution in [1.29, 1.82) is 0 Å². The van der Waals surface area contributed by atoms with E-state index in [-0.39, 0.29) is 24.0 Å². The Morgan fingerprint density at radius 2 is 1.79 bits per heavy atom. The van der Waals surface area contributed by atoms with Crippen LogP contribution in [-0.4, -0.2) is 59.9 Å². The van der Waals surface area contributed by atoms with E-state index in [2.05, 4.69) is 30.6 Å². The van der Waals surface area contributed by atoms with E-state index in [1.165, 1.54) is 32.4 Å². The van der Waals surface area contributed by atoms with Crippen molar-refractivity contribution in [3.8, 4) is 0 Å². The largest absolute Gasteiger partial charge is 0.477 e. The smallest absolute Gasteiger partial charge is 0.352 e. The van der Waals surface area contributed by atoms with E-state index in [0.29, 0.717) is 10.3 Å². The molecule has 0 radical (unpaired) electrons. The summed E-state index contributed by atoms with van der Waals surface area (Å²) >= 11 is 3.18. The van der Waals surface area contributed by atoms with Crippen LogP contribution in [0.2, 0.25) is 0 Å². The van der Waals surface area contributed by atoms with Gasteiger partial charge in [0, 0.05) is 26.8 Å². The number of aromatic nitrogens is 2. The van der Waals surface area contributed by atoms with Crippen molar-refractivity contribution < 1.29 is 24.3 Å². The van der Waals surface area contributed by atoms with Gasteiger partial charge in [0.15, 0.2) is 0 Å². The Bertz CT molecular complexity index is 785. The van der Waals surface area contributed by atoms with Crippen molar-refractivity contribution >= 4 is 40.2 Å². The first-order valence-corrected chi connectivity index (χ1v) is 8.42. The number of aromatic carboxylic acids is 1. The molecule has 0 fully saturated rings. The second-order valence-corrected chi connectivity index (χ2v) is 5.45. The first-order chi connectivity index (χ1) is 12.8. The number of carboxylic acids is 1. The van der Waals surface area contributed by atoms with Crippen LogP contribution in [0.4, 0.5) is 0 Å². The van der Waals surface area contributed by atoms with Gasteiger partial charge in [0.2, 0.25) is 5.56 Å². The molecule has 0 aliphatic carbocycles. The molecule has 0 unspecified atom stereocenters. The molecule has 2 aromatic heterocycles. The number of carbonyl (C=O) groups excluding carboxylic acids is 1. The van der Waals surface area contributed by atoms with Crippen LogP contribution in [0, 0.1) is 0 Å². The van der Waals surface area contributed by atoms with Crippen molar-refractivity contribution in [2.24, 2.45) is 0 Å². The van der Waals surface area contributed by atoms with Gasteiger partial charge in [-0.15, -0.1) is 12.4 Å². The highest BCUT2D eigenvalue weighted by atomic mass is 79.9. The zero-order valence-corrected chi connectivity index (χ0v) is 18.2. The van der Waals surface area contributed by atoms with Gasteiger partial charge in [-0.1, -0.05) is 12.1 Å². The Morgan fingerprint density at radius 1 is 1.21 bits per heavy atom. The highest BCUT2D eigenvalue weighted by Crippen LogP contribution is 2.07. The third-order valence-electron chi connectivity index (χ3n) is 2.78. The molecule has 9 nitrogen and oxygen atoms in total. The first-order valence-electron chi connectivity index (χ1n) is 7.63. The standard InChI is InChI=1S/C8H9BrN2O2.C6H5NO3.C3H8O.ClH/c1-11(13-2)8(12)6-4-3-5-7(9)10-6;8-5-3-1-2-4(7-5)6(9)10;1-3-4-2;/h3-5H,1-2H3;1-3H,(H,7,8)(H,9,10);3H2,1-2H3;1H. The van der Waals surface area contributed by atoms with Gasteiger partial charge in [-0.2, -0.15) is 0 Å². The van der Waals surface area contributed by atoms with E-state index in [4.69, 9.17) is 9.94 Å². The van der Waals surface area contributed by atoms with Gasteiger partial charge in [0.05, 0.1) is 7.11 Å². The lowest BCUT2D eigenvalue weighted by Crippen LogP contribution is -2.26. The number of carbonyl (C=O) groups is 2. The first kappa shape index (κ1) is 27.9. The van der Waals surface area contributed by atoms with Gasteiger partial charge in [-0.3, -0.25) is 14.4 Å². The number of ether oxygens (including phenoxy) is 1. The number of rotatable bonds is 4. The van der Waals surface area contributed by atoms with Crippen molar-refractivity contribution in [3.05, 3.63) is 62.7 Å². The molecule has 2 heterocycles. The summed E-state index contributed by atoms with van der Waals surface area (Å²) < 4.78 is 5.17. The van der Waals surface area contributed by atoms with E-state index in [0.717, 1.165) is 11.7 Å². The van der Waals surface area contributed by atoms with E-state index in [1.807, 2.05) is 6.92 Å². The maximum Gasteiger partial charge on any atom is 0.352 e. The Morgan fingerprint density at radius 3 is 2.18 bits per heavy atom. The van der Waals surface area contributed by atoms with E-state index in [9.17, 15) is 14.4 Å². The number of nitrogens with zero attached hydrogens (tertiary/aromatic N) is 2. The Kier molecular flexibility index (Phi) is 15.7. The number of halogens is 2. The number of aromatic amines is 1. The Balaban J connectivity index is 0. The molecule has 28 heavy (non-hydrogen) atoms. The zero-order valence-electron chi connectivity index (χ0n) is 15.8. The highest BCUT2D eigenvalue weighted by molar-refractivity contribution is 9.10. The third kappa shape index (κ3) is 11.4.